The van der Waals surface area contributed by atoms with E-state index in [-0.39, 0.29) is 18.5 Å². The number of ether oxygens (including phenoxy) is 1. The molecule has 3 N–H and O–H groups in total. The minimum Gasteiger partial charge on any atom is -0.466 e. The van der Waals surface area contributed by atoms with Gasteiger partial charge in [-0.05, 0) is 32.1 Å². The van der Waals surface area contributed by atoms with Crippen LogP contribution in [-0.4, -0.2) is 47.4 Å². The van der Waals surface area contributed by atoms with Crippen LogP contribution in [0.25, 0.3) is 0 Å². The Labute approximate surface area is 482 Å². The molecule has 6 heteroatoms. The van der Waals surface area contributed by atoms with Gasteiger partial charge in [-0.1, -0.05) is 373 Å². The number of carbonyl (C=O) groups excluding carboxylic acids is 2. The average molecular weight is 1090 g/mol. The van der Waals surface area contributed by atoms with Crippen LogP contribution in [0.15, 0.2) is 12.2 Å². The Kier molecular flexibility index (Phi) is 65.9. The Balaban J connectivity index is 3.38. The molecule has 0 aromatic carbocycles. The van der Waals surface area contributed by atoms with Gasteiger partial charge in [0.1, 0.15) is 0 Å². The van der Waals surface area contributed by atoms with Crippen molar-refractivity contribution < 1.29 is 24.5 Å². The Morgan fingerprint density at radius 2 is 0.597 bits per heavy atom. The maximum atomic E-state index is 12.5. The van der Waals surface area contributed by atoms with E-state index in [1.165, 1.54) is 340 Å². The van der Waals surface area contributed by atoms with E-state index >= 15 is 0 Å². The number of aliphatic hydroxyl groups is 2. The first-order valence-electron chi connectivity index (χ1n) is 35.5. The molecular weight excluding hydrogens is 947 g/mol. The number of amides is 1. The number of esters is 1. The fourth-order valence-electron chi connectivity index (χ4n) is 11.4. The summed E-state index contributed by atoms with van der Waals surface area (Å²) < 4.78 is 5.48. The lowest BCUT2D eigenvalue weighted by molar-refractivity contribution is -0.143. The first kappa shape index (κ1) is 75.6. The molecule has 2 atom stereocenters. The topological polar surface area (TPSA) is 95.9 Å². The molecule has 0 aromatic heterocycles. The van der Waals surface area contributed by atoms with Crippen molar-refractivity contribution in [2.24, 2.45) is 0 Å². The van der Waals surface area contributed by atoms with E-state index in [1.54, 1.807) is 6.08 Å². The van der Waals surface area contributed by atoms with Crippen molar-refractivity contribution in [3.05, 3.63) is 12.2 Å². The van der Waals surface area contributed by atoms with E-state index < -0.39 is 12.1 Å². The minimum atomic E-state index is -0.843. The number of rotatable bonds is 67. The molecule has 0 heterocycles. The molecule has 0 aliphatic heterocycles. The first-order valence-corrected chi connectivity index (χ1v) is 35.5. The van der Waals surface area contributed by atoms with E-state index in [0.29, 0.717) is 19.4 Å². The number of allylic oxidation sites excluding steroid dienone is 1. The lowest BCUT2D eigenvalue weighted by Crippen LogP contribution is -2.45. The van der Waals surface area contributed by atoms with Crippen LogP contribution < -0.4 is 5.32 Å². The molecule has 77 heavy (non-hydrogen) atoms. The molecule has 6 nitrogen and oxygen atoms in total. The molecule has 0 fully saturated rings. The highest BCUT2D eigenvalue weighted by molar-refractivity contribution is 5.76. The highest BCUT2D eigenvalue weighted by Crippen LogP contribution is 2.19. The van der Waals surface area contributed by atoms with Gasteiger partial charge in [-0.25, -0.2) is 0 Å². The van der Waals surface area contributed by atoms with Gasteiger partial charge in [0.05, 0.1) is 25.4 Å². The van der Waals surface area contributed by atoms with Crippen molar-refractivity contribution >= 4 is 11.9 Å². The molecular formula is C71H139NO5. The number of aliphatic hydroxyl groups excluding tert-OH is 2. The summed E-state index contributed by atoms with van der Waals surface area (Å²) in [5, 5.41) is 23.3. The van der Waals surface area contributed by atoms with E-state index in [1.807, 2.05) is 6.08 Å². The second kappa shape index (κ2) is 67.1. The maximum absolute atomic E-state index is 12.5. The van der Waals surface area contributed by atoms with Crippen LogP contribution in [0.5, 0.6) is 0 Å². The number of hydrogen-bond acceptors (Lipinski definition) is 5. The summed E-state index contributed by atoms with van der Waals surface area (Å²) in [6.45, 7) is 4.95. The summed E-state index contributed by atoms with van der Waals surface area (Å²) in [6, 6.07) is -0.626. The van der Waals surface area contributed by atoms with Gasteiger partial charge < -0.3 is 20.3 Å². The molecule has 0 spiro atoms. The maximum Gasteiger partial charge on any atom is 0.305 e. The fraction of sp³-hybridized carbons (Fsp3) is 0.944. The van der Waals surface area contributed by atoms with Crippen molar-refractivity contribution in [1.82, 2.24) is 5.32 Å². The summed E-state index contributed by atoms with van der Waals surface area (Å²) in [5.74, 6) is -0.0423. The normalized spacial score (nSPS) is 12.5. The quantitative estimate of drug-likeness (QED) is 0.0320. The summed E-state index contributed by atoms with van der Waals surface area (Å²) in [4.78, 5) is 24.6. The third kappa shape index (κ3) is 63.6. The molecule has 0 radical (unpaired) electrons. The molecule has 1 amide bonds. The summed E-state index contributed by atoms with van der Waals surface area (Å²) in [5.41, 5.74) is 0. The van der Waals surface area contributed by atoms with Crippen molar-refractivity contribution in [2.45, 2.75) is 418 Å². The Hall–Kier alpha value is -1.40. The Bertz CT molecular complexity index is 1160. The van der Waals surface area contributed by atoms with Gasteiger partial charge in [0.25, 0.3) is 0 Å². The molecule has 0 rings (SSSR count). The van der Waals surface area contributed by atoms with Crippen LogP contribution in [0, 0.1) is 0 Å². The van der Waals surface area contributed by atoms with Gasteiger partial charge >= 0.3 is 5.97 Å². The molecule has 0 aromatic rings. The van der Waals surface area contributed by atoms with Crippen LogP contribution in [0.3, 0.4) is 0 Å². The predicted octanol–water partition coefficient (Wildman–Crippen LogP) is 22.8. The average Bonchev–Trinajstić information content (AvgIpc) is 3.43. The van der Waals surface area contributed by atoms with E-state index in [4.69, 9.17) is 4.74 Å². The van der Waals surface area contributed by atoms with Gasteiger partial charge in [0.15, 0.2) is 0 Å². The van der Waals surface area contributed by atoms with Crippen LogP contribution in [0.1, 0.15) is 406 Å². The van der Waals surface area contributed by atoms with Crippen LogP contribution in [-0.2, 0) is 14.3 Å². The number of hydrogen-bond donors (Lipinski definition) is 3. The SMILES string of the molecule is CCCCCCCCCCCCCCCCCCCCCC/C=C/C(O)C(CO)NC(=O)CCCCCCCCCCCCCCCCCCCCCCCCCCCCOC(=O)CCCCCCCCCCCCCC. The van der Waals surface area contributed by atoms with Crippen molar-refractivity contribution in [2.75, 3.05) is 13.2 Å². The molecule has 458 valence electrons. The van der Waals surface area contributed by atoms with Gasteiger partial charge in [0, 0.05) is 12.8 Å². The zero-order valence-corrected chi connectivity index (χ0v) is 52.5. The highest BCUT2D eigenvalue weighted by atomic mass is 16.5. The summed E-state index contributed by atoms with van der Waals surface area (Å²) in [6.07, 6.45) is 82.9. The van der Waals surface area contributed by atoms with E-state index in [2.05, 4.69) is 19.2 Å². The van der Waals surface area contributed by atoms with Crippen LogP contribution in [0.4, 0.5) is 0 Å². The molecule has 0 saturated carbocycles. The van der Waals surface area contributed by atoms with Crippen LogP contribution in [0.2, 0.25) is 0 Å². The van der Waals surface area contributed by atoms with E-state index in [0.717, 1.165) is 38.5 Å². The van der Waals surface area contributed by atoms with Crippen molar-refractivity contribution in [3.63, 3.8) is 0 Å². The van der Waals surface area contributed by atoms with Crippen LogP contribution >= 0.6 is 0 Å². The largest absolute Gasteiger partial charge is 0.466 e. The van der Waals surface area contributed by atoms with Gasteiger partial charge in [0.2, 0.25) is 5.91 Å². The van der Waals surface area contributed by atoms with Crippen molar-refractivity contribution in [3.8, 4) is 0 Å². The molecule has 0 bridgehead atoms. The van der Waals surface area contributed by atoms with E-state index in [9.17, 15) is 19.8 Å². The standard InChI is InChI=1S/C71H139NO5/c1-3-5-7-9-11-13-15-17-18-19-20-21-28-31-34-37-40-43-47-51-55-59-63-69(74)68(67-73)72-70(75)64-60-56-52-48-44-41-38-35-32-29-26-24-22-23-25-27-30-33-36-39-42-46-50-54-58-62-66-77-71(76)65-61-57-53-49-45-16-14-12-10-8-6-4-2/h59,63,68-69,73-74H,3-58,60-62,64-67H2,1-2H3,(H,72,75)/b63-59+. The summed E-state index contributed by atoms with van der Waals surface area (Å²) >= 11 is 0. The van der Waals surface area contributed by atoms with Gasteiger partial charge in [-0.2, -0.15) is 0 Å². The highest BCUT2D eigenvalue weighted by Gasteiger charge is 2.18. The van der Waals surface area contributed by atoms with Gasteiger partial charge in [-0.15, -0.1) is 0 Å². The number of nitrogens with one attached hydrogen (secondary N) is 1. The van der Waals surface area contributed by atoms with Crippen molar-refractivity contribution in [1.29, 1.82) is 0 Å². The second-order valence-corrected chi connectivity index (χ2v) is 24.6. The monoisotopic (exact) mass is 1090 g/mol. The molecule has 0 saturated heterocycles. The zero-order chi connectivity index (χ0) is 55.7. The third-order valence-electron chi connectivity index (χ3n) is 16.8. The minimum absolute atomic E-state index is 0.0186. The Morgan fingerprint density at radius 1 is 0.351 bits per heavy atom. The lowest BCUT2D eigenvalue weighted by atomic mass is 10.0. The first-order chi connectivity index (χ1) is 38.0. The molecule has 2 unspecified atom stereocenters. The number of carbonyl (C=O) groups is 2. The Morgan fingerprint density at radius 3 is 0.883 bits per heavy atom. The lowest BCUT2D eigenvalue weighted by Gasteiger charge is -2.20. The molecule has 0 aliphatic rings. The molecule has 0 aliphatic carbocycles. The zero-order valence-electron chi connectivity index (χ0n) is 52.5. The third-order valence-corrected chi connectivity index (χ3v) is 16.8. The fourth-order valence-corrected chi connectivity index (χ4v) is 11.4. The smallest absolute Gasteiger partial charge is 0.305 e. The predicted molar refractivity (Wildman–Crippen MR) is 338 cm³/mol. The second-order valence-electron chi connectivity index (χ2n) is 24.6. The number of unbranched alkanes of at least 4 members (excludes halogenated alkanes) is 56. The summed E-state index contributed by atoms with van der Waals surface area (Å²) in [7, 11) is 0. The van der Waals surface area contributed by atoms with Gasteiger partial charge in [-0.3, -0.25) is 9.59 Å².